The number of fused-ring (bicyclic) bond motifs is 1. The number of phenols is 1. The van der Waals surface area contributed by atoms with Crippen molar-refractivity contribution in [3.63, 3.8) is 0 Å². The highest BCUT2D eigenvalue weighted by Gasteiger charge is 2.38. The lowest BCUT2D eigenvalue weighted by molar-refractivity contribution is -0.123. The van der Waals surface area contributed by atoms with Gasteiger partial charge in [0.1, 0.15) is 17.1 Å². The number of phenolic OH excluding ortho intramolecular Hbond substituents is 1. The van der Waals surface area contributed by atoms with Crippen LogP contribution in [0.15, 0.2) is 0 Å². The van der Waals surface area contributed by atoms with Gasteiger partial charge < -0.3 is 15.2 Å². The normalized spacial score (nSPS) is 18.6. The summed E-state index contributed by atoms with van der Waals surface area (Å²) in [6.07, 6.45) is 0.673. The zero-order valence-corrected chi connectivity index (χ0v) is 16.6. The molecule has 5 heteroatoms. The summed E-state index contributed by atoms with van der Waals surface area (Å²) < 4.78 is 6.23. The van der Waals surface area contributed by atoms with Gasteiger partial charge in [0.2, 0.25) is 5.91 Å². The lowest BCUT2D eigenvalue weighted by atomic mass is 9.84. The molecule has 5 nitrogen and oxygen atoms in total. The van der Waals surface area contributed by atoms with E-state index in [1.165, 1.54) is 0 Å². The lowest BCUT2D eigenvalue weighted by Gasteiger charge is -2.40. The van der Waals surface area contributed by atoms with Crippen molar-refractivity contribution in [1.82, 2.24) is 10.2 Å². The average molecular weight is 348 g/mol. The molecule has 1 unspecified atom stereocenters. The minimum atomic E-state index is -0.374. The van der Waals surface area contributed by atoms with E-state index in [1.807, 2.05) is 34.6 Å². The Morgan fingerprint density at radius 1 is 1.20 bits per heavy atom. The van der Waals surface area contributed by atoms with Gasteiger partial charge in [0, 0.05) is 17.5 Å². The van der Waals surface area contributed by atoms with E-state index in [2.05, 4.69) is 24.1 Å². The highest BCUT2D eigenvalue weighted by molar-refractivity contribution is 5.79. The fraction of sp³-hybridized carbons (Fsp3) is 0.650. The molecule has 25 heavy (non-hydrogen) atoms. The molecule has 0 fully saturated rings. The summed E-state index contributed by atoms with van der Waals surface area (Å²) in [7, 11) is 0. The highest BCUT2D eigenvalue weighted by atomic mass is 16.5. The SMILES string of the molecule is CCN(CC)CC(=O)NC1CC(C)(C)Oc2c(C)c(C)c(O)c(C)c21. The van der Waals surface area contributed by atoms with Gasteiger partial charge in [-0.05, 0) is 58.8 Å². The first-order chi connectivity index (χ1) is 11.6. The quantitative estimate of drug-likeness (QED) is 0.856. The lowest BCUT2D eigenvalue weighted by Crippen LogP contribution is -2.44. The molecule has 2 N–H and O–H groups in total. The molecule has 140 valence electrons. The Bertz CT molecular complexity index is 664. The van der Waals surface area contributed by atoms with Crippen LogP contribution in [0.1, 0.15) is 62.4 Å². The van der Waals surface area contributed by atoms with E-state index >= 15 is 0 Å². The third kappa shape index (κ3) is 3.92. The molecule has 0 radical (unpaired) electrons. The van der Waals surface area contributed by atoms with Crippen molar-refractivity contribution in [2.45, 2.75) is 66.5 Å². The Hall–Kier alpha value is -1.75. The number of likely N-dealkylation sites (N-methyl/N-ethyl adjacent to an activating group) is 1. The fourth-order valence-electron chi connectivity index (χ4n) is 3.61. The molecule has 1 aliphatic rings. The Morgan fingerprint density at radius 2 is 1.80 bits per heavy atom. The van der Waals surface area contributed by atoms with Gasteiger partial charge in [0.15, 0.2) is 0 Å². The molecule has 0 saturated carbocycles. The Labute approximate surface area is 151 Å². The first kappa shape index (κ1) is 19.6. The van der Waals surface area contributed by atoms with Crippen LogP contribution in [0.5, 0.6) is 11.5 Å². The summed E-state index contributed by atoms with van der Waals surface area (Å²) in [5, 5.41) is 13.6. The largest absolute Gasteiger partial charge is 0.507 e. The molecule has 0 spiro atoms. The number of nitrogens with one attached hydrogen (secondary N) is 1. The number of hydrogen-bond acceptors (Lipinski definition) is 4. The van der Waals surface area contributed by atoms with Crippen LogP contribution in [0.2, 0.25) is 0 Å². The number of carbonyl (C=O) groups excluding carboxylic acids is 1. The summed E-state index contributed by atoms with van der Waals surface area (Å²) in [4.78, 5) is 14.6. The topological polar surface area (TPSA) is 61.8 Å². The molecule has 1 aromatic carbocycles. The van der Waals surface area contributed by atoms with Crippen LogP contribution in [0, 0.1) is 20.8 Å². The van der Waals surface area contributed by atoms with E-state index in [0.29, 0.717) is 18.7 Å². The van der Waals surface area contributed by atoms with Crippen LogP contribution in [-0.4, -0.2) is 41.1 Å². The fourth-order valence-corrected chi connectivity index (χ4v) is 3.61. The van der Waals surface area contributed by atoms with Gasteiger partial charge in [-0.25, -0.2) is 0 Å². The summed E-state index contributed by atoms with van der Waals surface area (Å²) in [5.41, 5.74) is 3.10. The van der Waals surface area contributed by atoms with E-state index in [1.54, 1.807) is 0 Å². The summed E-state index contributed by atoms with van der Waals surface area (Å²) in [5.74, 6) is 1.11. The smallest absolute Gasteiger partial charge is 0.234 e. The zero-order valence-electron chi connectivity index (χ0n) is 16.6. The molecule has 0 aliphatic carbocycles. The highest BCUT2D eigenvalue weighted by Crippen LogP contribution is 2.47. The van der Waals surface area contributed by atoms with Crippen molar-refractivity contribution in [2.75, 3.05) is 19.6 Å². The maximum absolute atomic E-state index is 12.6. The molecule has 0 bridgehead atoms. The minimum Gasteiger partial charge on any atom is -0.507 e. The van der Waals surface area contributed by atoms with Crippen molar-refractivity contribution in [1.29, 1.82) is 0 Å². The molecular weight excluding hydrogens is 316 g/mol. The Kier molecular flexibility index (Phi) is 5.67. The maximum Gasteiger partial charge on any atom is 0.234 e. The summed E-state index contributed by atoms with van der Waals surface area (Å²) >= 11 is 0. The number of carbonyl (C=O) groups is 1. The van der Waals surface area contributed by atoms with Gasteiger partial charge in [0.05, 0.1) is 12.6 Å². The predicted molar refractivity (Wildman–Crippen MR) is 100 cm³/mol. The number of amides is 1. The number of benzene rings is 1. The molecule has 0 aromatic heterocycles. The molecular formula is C20H32N2O3. The third-order valence-electron chi connectivity index (χ3n) is 5.28. The average Bonchev–Trinajstić information content (AvgIpc) is 2.54. The van der Waals surface area contributed by atoms with Gasteiger partial charge in [-0.2, -0.15) is 0 Å². The number of nitrogens with zero attached hydrogens (tertiary/aromatic N) is 1. The second-order valence-corrected chi connectivity index (χ2v) is 7.61. The van der Waals surface area contributed by atoms with Gasteiger partial charge in [0.25, 0.3) is 0 Å². The number of hydrogen-bond donors (Lipinski definition) is 2. The molecule has 1 amide bonds. The molecule has 2 rings (SSSR count). The number of rotatable bonds is 5. The van der Waals surface area contributed by atoms with Gasteiger partial charge in [-0.3, -0.25) is 9.69 Å². The first-order valence-electron chi connectivity index (χ1n) is 9.14. The van der Waals surface area contributed by atoms with E-state index in [9.17, 15) is 9.90 Å². The van der Waals surface area contributed by atoms with Crippen molar-refractivity contribution >= 4 is 5.91 Å². The van der Waals surface area contributed by atoms with Crippen LogP contribution in [0.25, 0.3) is 0 Å². The van der Waals surface area contributed by atoms with Gasteiger partial charge >= 0.3 is 0 Å². The van der Waals surface area contributed by atoms with E-state index < -0.39 is 0 Å². The van der Waals surface area contributed by atoms with Crippen LogP contribution >= 0.6 is 0 Å². The summed E-state index contributed by atoms with van der Waals surface area (Å²) in [6.45, 7) is 16.0. The molecule has 1 heterocycles. The monoisotopic (exact) mass is 348 g/mol. The van der Waals surface area contributed by atoms with Crippen molar-refractivity contribution in [3.05, 3.63) is 22.3 Å². The molecule has 1 atom stereocenters. The second kappa shape index (κ2) is 7.24. The van der Waals surface area contributed by atoms with E-state index in [0.717, 1.165) is 41.1 Å². The molecule has 0 saturated heterocycles. The zero-order chi connectivity index (χ0) is 18.9. The Morgan fingerprint density at radius 3 is 2.36 bits per heavy atom. The molecule has 1 aliphatic heterocycles. The van der Waals surface area contributed by atoms with E-state index in [4.69, 9.17) is 4.74 Å². The standard InChI is InChI=1S/C20H32N2O3/c1-8-22(9-2)11-16(23)21-15-10-20(6,7)25-19-13(4)12(3)18(24)14(5)17(15)19/h15,24H,8-11H2,1-7H3,(H,21,23). The number of aromatic hydroxyl groups is 1. The van der Waals surface area contributed by atoms with Crippen LogP contribution in [0.4, 0.5) is 0 Å². The first-order valence-corrected chi connectivity index (χ1v) is 9.14. The van der Waals surface area contributed by atoms with Crippen LogP contribution < -0.4 is 10.1 Å². The molecule has 1 aromatic rings. The van der Waals surface area contributed by atoms with Crippen LogP contribution in [0.3, 0.4) is 0 Å². The maximum atomic E-state index is 12.6. The van der Waals surface area contributed by atoms with Gasteiger partial charge in [-0.1, -0.05) is 13.8 Å². The predicted octanol–water partition coefficient (Wildman–Crippen LogP) is 3.38. The Balaban J connectivity index is 2.40. The number of ether oxygens (including phenoxy) is 1. The van der Waals surface area contributed by atoms with Crippen molar-refractivity contribution in [2.24, 2.45) is 0 Å². The summed E-state index contributed by atoms with van der Waals surface area (Å²) in [6, 6.07) is -0.160. The van der Waals surface area contributed by atoms with E-state index in [-0.39, 0.29) is 17.6 Å². The van der Waals surface area contributed by atoms with Gasteiger partial charge in [-0.15, -0.1) is 0 Å². The van der Waals surface area contributed by atoms with Crippen molar-refractivity contribution in [3.8, 4) is 11.5 Å². The van der Waals surface area contributed by atoms with Crippen molar-refractivity contribution < 1.29 is 14.6 Å². The second-order valence-electron chi connectivity index (χ2n) is 7.61. The van der Waals surface area contributed by atoms with Crippen LogP contribution in [-0.2, 0) is 4.79 Å². The minimum absolute atomic E-state index is 0.00877. The third-order valence-corrected chi connectivity index (χ3v) is 5.28.